The molecule has 2 N–H and O–H groups in total. The molecule has 0 saturated heterocycles. The van der Waals surface area contributed by atoms with Gasteiger partial charge >= 0.3 is 0 Å². The zero-order chi connectivity index (χ0) is 11.7. The van der Waals surface area contributed by atoms with Crippen LogP contribution in [0.1, 0.15) is 5.69 Å². The van der Waals surface area contributed by atoms with Gasteiger partial charge in [0.2, 0.25) is 0 Å². The van der Waals surface area contributed by atoms with Gasteiger partial charge in [0.1, 0.15) is 5.69 Å². The van der Waals surface area contributed by atoms with Crippen molar-refractivity contribution in [3.8, 4) is 5.69 Å². The van der Waals surface area contributed by atoms with E-state index in [0.717, 1.165) is 16.8 Å². The third-order valence-electron chi connectivity index (χ3n) is 2.12. The minimum Gasteiger partial charge on any atom is -0.325 e. The first-order valence-corrected chi connectivity index (χ1v) is 4.52. The summed E-state index contributed by atoms with van der Waals surface area (Å²) in [5, 5.41) is 3.89. The molecule has 0 aliphatic carbocycles. The Labute approximate surface area is 89.3 Å². The molecule has 0 bridgehead atoms. The van der Waals surface area contributed by atoms with E-state index in [4.69, 9.17) is 5.73 Å². The molecule has 0 atom stereocenters. The fourth-order valence-corrected chi connectivity index (χ4v) is 1.30. The van der Waals surface area contributed by atoms with Crippen LogP contribution in [0.4, 0.5) is 13.2 Å². The maximum Gasteiger partial charge on any atom is 0.196 e. The molecule has 1 aromatic heterocycles. The van der Waals surface area contributed by atoms with Gasteiger partial charge in [0.25, 0.3) is 0 Å². The number of benzene rings is 1. The summed E-state index contributed by atoms with van der Waals surface area (Å²) in [5.74, 6) is -4.01. The van der Waals surface area contributed by atoms with Gasteiger partial charge in [-0.05, 0) is 18.2 Å². The highest BCUT2D eigenvalue weighted by Gasteiger charge is 2.15. The van der Waals surface area contributed by atoms with E-state index in [0.29, 0.717) is 5.69 Å². The topological polar surface area (TPSA) is 43.8 Å². The molecule has 0 spiro atoms. The summed E-state index contributed by atoms with van der Waals surface area (Å²) in [5.41, 5.74) is 5.71. The summed E-state index contributed by atoms with van der Waals surface area (Å²) in [6.07, 6.45) is 1.43. The normalized spacial score (nSPS) is 10.8. The maximum atomic E-state index is 13.4. The lowest BCUT2D eigenvalue weighted by atomic mass is 10.3. The third kappa shape index (κ3) is 1.67. The van der Waals surface area contributed by atoms with Gasteiger partial charge in [-0.3, -0.25) is 0 Å². The van der Waals surface area contributed by atoms with E-state index >= 15 is 0 Å². The Balaban J connectivity index is 2.52. The zero-order valence-corrected chi connectivity index (χ0v) is 8.12. The van der Waals surface area contributed by atoms with Crippen LogP contribution in [-0.4, -0.2) is 9.78 Å². The van der Waals surface area contributed by atoms with Crippen LogP contribution in [0, 0.1) is 17.5 Å². The molecular weight excluding hydrogens is 219 g/mol. The Morgan fingerprint density at radius 3 is 2.50 bits per heavy atom. The van der Waals surface area contributed by atoms with Crippen LogP contribution in [0.5, 0.6) is 0 Å². The Morgan fingerprint density at radius 2 is 1.88 bits per heavy atom. The van der Waals surface area contributed by atoms with Crippen LogP contribution >= 0.6 is 0 Å². The summed E-state index contributed by atoms with van der Waals surface area (Å²) in [7, 11) is 0. The van der Waals surface area contributed by atoms with Crippen molar-refractivity contribution < 1.29 is 13.2 Å². The van der Waals surface area contributed by atoms with Crippen molar-refractivity contribution in [3.63, 3.8) is 0 Å². The van der Waals surface area contributed by atoms with Crippen LogP contribution in [0.3, 0.4) is 0 Å². The average molecular weight is 227 g/mol. The van der Waals surface area contributed by atoms with Crippen LogP contribution in [0.15, 0.2) is 24.4 Å². The van der Waals surface area contributed by atoms with E-state index in [-0.39, 0.29) is 12.2 Å². The minimum absolute atomic E-state index is 0.154. The number of aromatic nitrogens is 2. The molecule has 1 aromatic carbocycles. The quantitative estimate of drug-likeness (QED) is 0.794. The number of hydrogen-bond acceptors (Lipinski definition) is 2. The first kappa shape index (κ1) is 10.7. The summed E-state index contributed by atoms with van der Waals surface area (Å²) in [6.45, 7) is 0.193. The average Bonchev–Trinajstić information content (AvgIpc) is 2.74. The lowest BCUT2D eigenvalue weighted by Gasteiger charge is -2.04. The second-order valence-electron chi connectivity index (χ2n) is 3.15. The highest BCUT2D eigenvalue weighted by atomic mass is 19.2. The van der Waals surface area contributed by atoms with Gasteiger partial charge in [0.15, 0.2) is 17.5 Å². The number of rotatable bonds is 2. The fraction of sp³-hybridized carbons (Fsp3) is 0.100. The van der Waals surface area contributed by atoms with Gasteiger partial charge < -0.3 is 5.73 Å². The monoisotopic (exact) mass is 227 g/mol. The largest absolute Gasteiger partial charge is 0.325 e. The molecule has 1 heterocycles. The molecule has 0 saturated carbocycles. The van der Waals surface area contributed by atoms with Crippen molar-refractivity contribution in [2.24, 2.45) is 5.73 Å². The smallest absolute Gasteiger partial charge is 0.196 e. The minimum atomic E-state index is -1.51. The third-order valence-corrected chi connectivity index (χ3v) is 2.12. The zero-order valence-electron chi connectivity index (χ0n) is 8.12. The first-order valence-electron chi connectivity index (χ1n) is 4.52. The van der Waals surface area contributed by atoms with Gasteiger partial charge in [-0.2, -0.15) is 5.10 Å². The molecule has 3 nitrogen and oxygen atoms in total. The Hall–Kier alpha value is -1.82. The first-order chi connectivity index (χ1) is 7.63. The van der Waals surface area contributed by atoms with Gasteiger partial charge in [-0.25, -0.2) is 17.9 Å². The summed E-state index contributed by atoms with van der Waals surface area (Å²) < 4.78 is 40.1. The van der Waals surface area contributed by atoms with Crippen molar-refractivity contribution in [1.82, 2.24) is 9.78 Å². The second-order valence-corrected chi connectivity index (χ2v) is 3.15. The van der Waals surface area contributed by atoms with Crippen LogP contribution in [0.2, 0.25) is 0 Å². The SMILES string of the molecule is NCc1ccn(-c2ccc(F)c(F)c2F)n1. The van der Waals surface area contributed by atoms with E-state index < -0.39 is 17.5 Å². The summed E-state index contributed by atoms with van der Waals surface area (Å²) in [4.78, 5) is 0. The van der Waals surface area contributed by atoms with E-state index in [2.05, 4.69) is 5.10 Å². The molecule has 0 fully saturated rings. The number of halogens is 3. The highest BCUT2D eigenvalue weighted by Crippen LogP contribution is 2.18. The van der Waals surface area contributed by atoms with E-state index in [1.165, 1.54) is 6.20 Å². The van der Waals surface area contributed by atoms with Gasteiger partial charge in [-0.15, -0.1) is 0 Å². The number of nitrogens with two attached hydrogens (primary N) is 1. The Bertz CT molecular complexity index is 522. The molecule has 0 unspecified atom stereocenters. The lowest BCUT2D eigenvalue weighted by molar-refractivity contribution is 0.443. The van der Waals surface area contributed by atoms with E-state index in [1.54, 1.807) is 6.07 Å². The molecule has 84 valence electrons. The van der Waals surface area contributed by atoms with Crippen molar-refractivity contribution >= 4 is 0 Å². The predicted molar refractivity (Wildman–Crippen MR) is 51.3 cm³/mol. The lowest BCUT2D eigenvalue weighted by Crippen LogP contribution is -2.04. The van der Waals surface area contributed by atoms with Gasteiger partial charge in [0.05, 0.1) is 5.69 Å². The Morgan fingerprint density at radius 1 is 1.12 bits per heavy atom. The molecule has 6 heteroatoms. The number of hydrogen-bond donors (Lipinski definition) is 1. The van der Waals surface area contributed by atoms with Crippen LogP contribution < -0.4 is 5.73 Å². The van der Waals surface area contributed by atoms with E-state index in [1.807, 2.05) is 0 Å². The van der Waals surface area contributed by atoms with E-state index in [9.17, 15) is 13.2 Å². The molecule has 0 aliphatic rings. The summed E-state index contributed by atoms with van der Waals surface area (Å²) >= 11 is 0. The Kier molecular flexibility index (Phi) is 2.66. The highest BCUT2D eigenvalue weighted by molar-refractivity contribution is 5.34. The second kappa shape index (κ2) is 3.97. The molecule has 0 aliphatic heterocycles. The van der Waals surface area contributed by atoms with Crippen LogP contribution in [0.25, 0.3) is 5.69 Å². The van der Waals surface area contributed by atoms with Gasteiger partial charge in [-0.1, -0.05) is 0 Å². The number of nitrogens with zero attached hydrogens (tertiary/aromatic N) is 2. The van der Waals surface area contributed by atoms with Crippen molar-refractivity contribution in [3.05, 3.63) is 47.5 Å². The molecule has 2 aromatic rings. The molecule has 16 heavy (non-hydrogen) atoms. The molecule has 0 amide bonds. The van der Waals surface area contributed by atoms with Crippen molar-refractivity contribution in [2.45, 2.75) is 6.54 Å². The van der Waals surface area contributed by atoms with Crippen molar-refractivity contribution in [1.29, 1.82) is 0 Å². The fourth-order valence-electron chi connectivity index (χ4n) is 1.30. The molecular formula is C10H8F3N3. The standard InChI is InChI=1S/C10H8F3N3/c11-7-1-2-8(10(13)9(7)12)16-4-3-6(5-14)15-16/h1-4H,5,14H2. The maximum absolute atomic E-state index is 13.4. The predicted octanol–water partition coefficient (Wildman–Crippen LogP) is 1.75. The van der Waals surface area contributed by atoms with Crippen LogP contribution in [-0.2, 0) is 6.54 Å². The molecule has 0 radical (unpaired) electrons. The summed E-state index contributed by atoms with van der Waals surface area (Å²) in [6, 6.07) is 3.53. The van der Waals surface area contributed by atoms with Gasteiger partial charge in [0, 0.05) is 12.7 Å². The van der Waals surface area contributed by atoms with Crippen molar-refractivity contribution in [2.75, 3.05) is 0 Å². The molecule has 2 rings (SSSR count).